The van der Waals surface area contributed by atoms with Crippen molar-refractivity contribution in [1.29, 1.82) is 0 Å². The van der Waals surface area contributed by atoms with Crippen molar-refractivity contribution < 1.29 is 116 Å². The Morgan fingerprint density at radius 1 is 0.379 bits per heavy atom. The third-order valence-corrected chi connectivity index (χ3v) is 10.9. The van der Waals surface area contributed by atoms with Crippen molar-refractivity contribution in [1.82, 2.24) is 0 Å². The van der Waals surface area contributed by atoms with Gasteiger partial charge in [0.1, 0.15) is 5.75 Å². The predicted octanol–water partition coefficient (Wildman–Crippen LogP) is 13.0. The van der Waals surface area contributed by atoms with Gasteiger partial charge in [-0.1, -0.05) is 10.3 Å². The molecule has 0 heterocycles. The highest BCUT2D eigenvalue weighted by molar-refractivity contribution is 8.29. The Labute approximate surface area is 352 Å². The highest BCUT2D eigenvalue weighted by Crippen LogP contribution is 2.60. The molecule has 0 aromatic heterocycles. The van der Waals surface area contributed by atoms with E-state index in [1.165, 1.54) is 0 Å². The molecule has 6 nitrogen and oxygen atoms in total. The smallest absolute Gasteiger partial charge is 0.350 e. The summed E-state index contributed by atoms with van der Waals surface area (Å²) in [5.74, 6) is -80.9. The monoisotopic (exact) mass is 988 g/mol. The van der Waals surface area contributed by atoms with Gasteiger partial charge in [0.25, 0.3) is 0 Å². The number of rotatable bonds is 9. The Kier molecular flexibility index (Phi) is 12.5. The van der Waals surface area contributed by atoms with Gasteiger partial charge in [-0.3, -0.25) is 0 Å². The fourth-order valence-corrected chi connectivity index (χ4v) is 7.17. The first-order chi connectivity index (χ1) is 30.6. The molecule has 66 heavy (non-hydrogen) atoms. The maximum Gasteiger partial charge on any atom is 0.350 e. The zero-order chi connectivity index (χ0) is 49.5. The number of hydrogen-bond donors (Lipinski definition) is 2. The lowest BCUT2D eigenvalue weighted by atomic mass is 9.88. The minimum Gasteiger partial charge on any atom is -0.508 e. The number of hydrogen-bond acceptors (Lipinski definition) is 6. The number of ether oxygens (including phenoxy) is 2. The molecule has 0 saturated carbocycles. The first-order valence-electron chi connectivity index (χ1n) is 16.7. The third kappa shape index (κ3) is 7.52. The third-order valence-electron chi connectivity index (χ3n) is 8.94. The number of aromatic hydroxyl groups is 2. The summed E-state index contributed by atoms with van der Waals surface area (Å²) in [4.78, 5) is 14.2. The lowest BCUT2D eigenvalue weighted by molar-refractivity contribution is 0.0760. The SMILES string of the molecule is CS(C)(OC(=O)c1c(-c2c(F)c(F)c(F)c(F)c2F)c(O)c(Oc2c(F)c(F)c(F)c(F)c2F)c(Oc2c(F)c(F)c(F)c(F)c2F)c1-c1c(F)c(F)c(F)c(F)c1F)c1ccc(O)cc1. The Morgan fingerprint density at radius 2 is 0.667 bits per heavy atom. The van der Waals surface area contributed by atoms with Crippen LogP contribution in [0.4, 0.5) is 87.8 Å². The van der Waals surface area contributed by atoms with Gasteiger partial charge in [0, 0.05) is 28.5 Å². The normalized spacial score (nSPS) is 11.9. The van der Waals surface area contributed by atoms with E-state index in [0.29, 0.717) is 0 Å². The highest BCUT2D eigenvalue weighted by atomic mass is 32.3. The molecule has 6 aromatic carbocycles. The molecule has 27 heteroatoms. The molecular weight excluding hydrogens is 976 g/mol. The summed E-state index contributed by atoms with van der Waals surface area (Å²) in [6, 6.07) is 3.63. The number of phenols is 2. The van der Waals surface area contributed by atoms with Gasteiger partial charge in [-0.25, -0.2) is 75.0 Å². The second kappa shape index (κ2) is 17.1. The quantitative estimate of drug-likeness (QED) is 0.0853. The minimum absolute atomic E-state index is 0.266. The van der Waals surface area contributed by atoms with E-state index < -0.39 is 195 Å². The molecule has 0 amide bonds. The molecule has 0 unspecified atom stereocenters. The molecule has 0 saturated heterocycles. The number of carbonyl (C=O) groups excluding carboxylic acids is 1. The Morgan fingerprint density at radius 3 is 1.02 bits per heavy atom. The maximum absolute atomic E-state index is 16.1. The number of phenolic OH excluding ortho intramolecular Hbond substituents is 2. The first-order valence-corrected chi connectivity index (χ1v) is 19.1. The van der Waals surface area contributed by atoms with E-state index in [9.17, 15) is 58.9 Å². The lowest BCUT2D eigenvalue weighted by Crippen LogP contribution is -2.17. The Hall–Kier alpha value is -7.06. The van der Waals surface area contributed by atoms with Gasteiger partial charge in [0.2, 0.25) is 87.1 Å². The molecule has 2 N–H and O–H groups in total. The molecule has 0 radical (unpaired) electrons. The molecular formula is C39H12F20O6S. The van der Waals surface area contributed by atoms with Crippen LogP contribution in [0.25, 0.3) is 22.3 Å². The van der Waals surface area contributed by atoms with Crippen LogP contribution >= 0.6 is 10.3 Å². The first kappa shape index (κ1) is 48.4. The second-order valence-electron chi connectivity index (χ2n) is 13.1. The molecule has 0 spiro atoms. The van der Waals surface area contributed by atoms with Gasteiger partial charge >= 0.3 is 5.97 Å². The summed E-state index contributed by atoms with van der Waals surface area (Å²) in [6.45, 7) is 0. The van der Waals surface area contributed by atoms with Crippen molar-refractivity contribution in [2.24, 2.45) is 0 Å². The van der Waals surface area contributed by atoms with Crippen LogP contribution in [-0.2, 0) is 4.18 Å². The van der Waals surface area contributed by atoms with E-state index in [-0.39, 0.29) is 4.90 Å². The zero-order valence-corrected chi connectivity index (χ0v) is 32.1. The fraction of sp³-hybridized carbons (Fsp3) is 0.0513. The molecule has 6 aromatic rings. The standard InChI is InChI=1S/C39H12F20O6S/c1-66(2,8-5-3-7(60)4-6-8)65-39(62)11-9(12-14(40)18(44)22(48)19(45)15(12)41)34(61)38(64-37-32(58)28(54)25(51)29(55)33(37)59)35(63-36-30(56)26(52)24(50)27(53)31(36)57)10(11)13-16(42)20(46)23(49)21(47)17(13)43/h3-6,60-61H,1-2H3. The summed E-state index contributed by atoms with van der Waals surface area (Å²) >= 11 is 0. The molecule has 0 bridgehead atoms. The number of carbonyl (C=O) groups is 1. The van der Waals surface area contributed by atoms with Gasteiger partial charge in [0.05, 0.1) is 16.7 Å². The molecule has 0 aliphatic rings. The van der Waals surface area contributed by atoms with Crippen LogP contribution in [0.2, 0.25) is 0 Å². The molecule has 6 rings (SSSR count). The Balaban J connectivity index is 1.99. The second-order valence-corrected chi connectivity index (χ2v) is 16.2. The zero-order valence-electron chi connectivity index (χ0n) is 31.3. The van der Waals surface area contributed by atoms with E-state index in [1.54, 1.807) is 0 Å². The summed E-state index contributed by atoms with van der Waals surface area (Å²) in [7, 11) is -3.59. The van der Waals surface area contributed by atoms with Crippen LogP contribution in [0.15, 0.2) is 29.2 Å². The summed E-state index contributed by atoms with van der Waals surface area (Å²) in [5, 5.41) is 21.4. The van der Waals surface area contributed by atoms with Crippen LogP contribution < -0.4 is 9.47 Å². The molecule has 0 aliphatic heterocycles. The van der Waals surface area contributed by atoms with Crippen LogP contribution in [0.1, 0.15) is 10.4 Å². The van der Waals surface area contributed by atoms with Crippen LogP contribution in [-0.4, -0.2) is 28.7 Å². The highest BCUT2D eigenvalue weighted by Gasteiger charge is 2.44. The van der Waals surface area contributed by atoms with E-state index in [2.05, 4.69) is 9.47 Å². The average molecular weight is 989 g/mol. The van der Waals surface area contributed by atoms with Crippen LogP contribution in [0.5, 0.6) is 34.5 Å². The van der Waals surface area contributed by atoms with E-state index >= 15 is 43.9 Å². The number of halogens is 20. The minimum atomic E-state index is -3.59. The molecule has 0 fully saturated rings. The topological polar surface area (TPSA) is 85.2 Å². The van der Waals surface area contributed by atoms with Crippen molar-refractivity contribution in [3.05, 3.63) is 146 Å². The Bertz CT molecular complexity index is 2970. The predicted molar refractivity (Wildman–Crippen MR) is 182 cm³/mol. The number of benzene rings is 6. The van der Waals surface area contributed by atoms with Crippen molar-refractivity contribution in [2.45, 2.75) is 4.90 Å². The van der Waals surface area contributed by atoms with Gasteiger partial charge < -0.3 is 23.9 Å². The van der Waals surface area contributed by atoms with Gasteiger partial charge in [-0.05, 0) is 24.3 Å². The van der Waals surface area contributed by atoms with E-state index in [4.69, 9.17) is 4.18 Å². The largest absolute Gasteiger partial charge is 0.508 e. The van der Waals surface area contributed by atoms with Gasteiger partial charge in [0.15, 0.2) is 58.0 Å². The van der Waals surface area contributed by atoms with Crippen LogP contribution in [0, 0.1) is 116 Å². The van der Waals surface area contributed by atoms with E-state index in [1.807, 2.05) is 0 Å². The molecule has 0 atom stereocenters. The maximum atomic E-state index is 16.1. The molecule has 350 valence electrons. The van der Waals surface area contributed by atoms with Gasteiger partial charge in [-0.2, -0.15) is 17.6 Å². The molecule has 0 aliphatic carbocycles. The average Bonchev–Trinajstić information content (AvgIpc) is 3.27. The summed E-state index contributed by atoms with van der Waals surface area (Å²) in [5.41, 5.74) is -13.7. The van der Waals surface area contributed by atoms with Crippen molar-refractivity contribution in [3.63, 3.8) is 0 Å². The summed E-state index contributed by atoms with van der Waals surface area (Å²) < 4.78 is 315. The van der Waals surface area contributed by atoms with Crippen LogP contribution in [0.3, 0.4) is 0 Å². The summed E-state index contributed by atoms with van der Waals surface area (Å²) in [6.07, 6.45) is 1.78. The fourth-order valence-electron chi connectivity index (χ4n) is 5.82. The van der Waals surface area contributed by atoms with Crippen molar-refractivity contribution >= 4 is 16.3 Å². The van der Waals surface area contributed by atoms with Gasteiger partial charge in [-0.15, -0.1) is 0 Å². The van der Waals surface area contributed by atoms with E-state index in [0.717, 1.165) is 36.8 Å². The lowest BCUT2D eigenvalue weighted by Gasteiger charge is -2.32. The van der Waals surface area contributed by atoms with Crippen molar-refractivity contribution in [2.75, 3.05) is 12.5 Å². The van der Waals surface area contributed by atoms with Crippen molar-refractivity contribution in [3.8, 4) is 56.8 Å².